The van der Waals surface area contributed by atoms with Gasteiger partial charge >= 0.3 is 17.9 Å². The van der Waals surface area contributed by atoms with E-state index in [9.17, 15) is 23.3 Å². The Morgan fingerprint density at radius 2 is 1.97 bits per heavy atom. The lowest BCUT2D eigenvalue weighted by Gasteiger charge is -2.34. The van der Waals surface area contributed by atoms with Crippen molar-refractivity contribution < 1.29 is 27.6 Å². The van der Waals surface area contributed by atoms with Crippen LogP contribution in [0.3, 0.4) is 0 Å². The monoisotopic (exact) mass is 426 g/mol. The fourth-order valence-corrected chi connectivity index (χ4v) is 3.81. The number of hydrogen-bond donors (Lipinski definition) is 0. The Bertz CT molecular complexity index is 871. The van der Waals surface area contributed by atoms with Gasteiger partial charge in [-0.15, -0.1) is 0 Å². The Morgan fingerprint density at radius 3 is 2.57 bits per heavy atom. The number of halogens is 3. The van der Waals surface area contributed by atoms with Crippen molar-refractivity contribution in [2.75, 3.05) is 19.6 Å². The van der Waals surface area contributed by atoms with Gasteiger partial charge in [-0.05, 0) is 30.5 Å². The molecule has 0 amide bonds. The molecule has 1 fully saturated rings. The highest BCUT2D eigenvalue weighted by Gasteiger charge is 2.53. The minimum atomic E-state index is -4.35. The van der Waals surface area contributed by atoms with Gasteiger partial charge in [-0.1, -0.05) is 12.1 Å². The summed E-state index contributed by atoms with van der Waals surface area (Å²) in [6.07, 6.45) is 0.156. The Morgan fingerprint density at radius 1 is 1.27 bits per heavy atom. The first-order valence-corrected chi connectivity index (χ1v) is 9.60. The van der Waals surface area contributed by atoms with Gasteiger partial charge in [-0.2, -0.15) is 13.2 Å². The summed E-state index contributed by atoms with van der Waals surface area (Å²) in [5, 5.41) is 11.7. The standard InChI is InChI=1S/C19H21F3N4O4/c20-19(21,22)15-3-1-14(2-4-15)11-29-16-5-8-24(9-6-16)12-18(26(27)28)13-25-10-7-23-17(25)30-18/h1-4,7,10,16H,5-6,8-9,11-13H2. The van der Waals surface area contributed by atoms with Gasteiger partial charge in [0.25, 0.3) is 0 Å². The number of nitrogens with zero attached hydrogens (tertiary/aromatic N) is 4. The molecular weight excluding hydrogens is 405 g/mol. The molecule has 0 saturated carbocycles. The second-order valence-corrected chi connectivity index (χ2v) is 7.62. The van der Waals surface area contributed by atoms with E-state index >= 15 is 0 Å². The van der Waals surface area contributed by atoms with E-state index in [2.05, 4.69) is 4.98 Å². The minimum absolute atomic E-state index is 0.0463. The third-order valence-corrected chi connectivity index (χ3v) is 5.48. The maximum atomic E-state index is 12.6. The third-order valence-electron chi connectivity index (χ3n) is 5.48. The lowest BCUT2D eigenvalue weighted by Crippen LogP contribution is -2.54. The summed E-state index contributed by atoms with van der Waals surface area (Å²) < 4.78 is 50.9. The molecule has 0 spiro atoms. The van der Waals surface area contributed by atoms with Crippen LogP contribution >= 0.6 is 0 Å². The predicted molar refractivity (Wildman–Crippen MR) is 98.3 cm³/mol. The van der Waals surface area contributed by atoms with Gasteiger partial charge in [0.15, 0.2) is 0 Å². The molecule has 8 nitrogen and oxygen atoms in total. The number of imidazole rings is 1. The van der Waals surface area contributed by atoms with Crippen molar-refractivity contribution in [3.8, 4) is 6.01 Å². The molecule has 1 unspecified atom stereocenters. The van der Waals surface area contributed by atoms with Crippen LogP contribution in [0.5, 0.6) is 6.01 Å². The molecule has 0 N–H and O–H groups in total. The summed E-state index contributed by atoms with van der Waals surface area (Å²) >= 11 is 0. The maximum Gasteiger partial charge on any atom is 0.416 e. The van der Waals surface area contributed by atoms with E-state index in [0.717, 1.165) is 12.1 Å². The quantitative estimate of drug-likeness (QED) is 0.522. The molecule has 1 atom stereocenters. The average molecular weight is 426 g/mol. The zero-order valence-electron chi connectivity index (χ0n) is 16.0. The van der Waals surface area contributed by atoms with Gasteiger partial charge in [0, 0.05) is 25.5 Å². The van der Waals surface area contributed by atoms with Crippen LogP contribution in [0.25, 0.3) is 0 Å². The first-order valence-electron chi connectivity index (χ1n) is 9.60. The van der Waals surface area contributed by atoms with Gasteiger partial charge in [-0.25, -0.2) is 4.98 Å². The van der Waals surface area contributed by atoms with Gasteiger partial charge in [0.05, 0.1) is 23.2 Å². The van der Waals surface area contributed by atoms with Crippen molar-refractivity contribution >= 4 is 0 Å². The molecule has 11 heteroatoms. The molecule has 30 heavy (non-hydrogen) atoms. The highest BCUT2D eigenvalue weighted by molar-refractivity contribution is 5.24. The van der Waals surface area contributed by atoms with E-state index in [4.69, 9.17) is 9.47 Å². The Labute approximate surface area is 170 Å². The van der Waals surface area contributed by atoms with E-state index in [-0.39, 0.29) is 31.8 Å². The Kier molecular flexibility index (Phi) is 5.41. The van der Waals surface area contributed by atoms with E-state index in [1.165, 1.54) is 12.1 Å². The first-order chi connectivity index (χ1) is 14.2. The smallest absolute Gasteiger partial charge is 0.392 e. The maximum absolute atomic E-state index is 12.6. The number of fused-ring (bicyclic) bond motifs is 1. The molecule has 2 aliphatic rings. The summed E-state index contributed by atoms with van der Waals surface area (Å²) in [5.41, 5.74) is -1.56. The summed E-state index contributed by atoms with van der Waals surface area (Å²) in [7, 11) is 0. The number of alkyl halides is 3. The lowest BCUT2D eigenvalue weighted by molar-refractivity contribution is -0.614. The number of aromatic nitrogens is 2. The molecule has 0 bridgehead atoms. The molecule has 0 radical (unpaired) electrons. The van der Waals surface area contributed by atoms with Crippen molar-refractivity contribution in [1.29, 1.82) is 0 Å². The Hall–Kier alpha value is -2.66. The molecule has 4 rings (SSSR count). The molecule has 1 aromatic carbocycles. The first kappa shape index (κ1) is 20.6. The molecule has 3 heterocycles. The van der Waals surface area contributed by atoms with Gasteiger partial charge < -0.3 is 9.47 Å². The zero-order valence-corrected chi connectivity index (χ0v) is 16.0. The lowest BCUT2D eigenvalue weighted by atomic mass is 10.1. The molecule has 2 aliphatic heterocycles. The second-order valence-electron chi connectivity index (χ2n) is 7.62. The van der Waals surface area contributed by atoms with Crippen LogP contribution in [-0.2, 0) is 24.1 Å². The Balaban J connectivity index is 1.26. The third kappa shape index (κ3) is 4.26. The summed E-state index contributed by atoms with van der Waals surface area (Å²) in [5.74, 6) is 0. The normalized spacial score (nSPS) is 22.6. The molecule has 2 aromatic rings. The number of nitro groups is 1. The van der Waals surface area contributed by atoms with Crippen molar-refractivity contribution in [1.82, 2.24) is 14.5 Å². The molecular formula is C19H21F3N4O4. The van der Waals surface area contributed by atoms with E-state index in [1.807, 2.05) is 4.90 Å². The second kappa shape index (κ2) is 7.88. The number of rotatable bonds is 6. The number of piperidine rings is 1. The van der Waals surface area contributed by atoms with Crippen LogP contribution in [0.1, 0.15) is 24.0 Å². The van der Waals surface area contributed by atoms with Crippen LogP contribution in [0, 0.1) is 10.1 Å². The fourth-order valence-electron chi connectivity index (χ4n) is 3.81. The van der Waals surface area contributed by atoms with Crippen molar-refractivity contribution in [3.05, 3.63) is 57.9 Å². The van der Waals surface area contributed by atoms with Gasteiger partial charge in [-0.3, -0.25) is 19.6 Å². The van der Waals surface area contributed by atoms with Crippen molar-refractivity contribution in [2.45, 2.75) is 44.0 Å². The largest absolute Gasteiger partial charge is 0.416 e. The molecule has 1 aromatic heterocycles. The minimum Gasteiger partial charge on any atom is -0.392 e. The number of ether oxygens (including phenoxy) is 2. The number of likely N-dealkylation sites (tertiary alicyclic amines) is 1. The number of benzene rings is 1. The van der Waals surface area contributed by atoms with Crippen LogP contribution in [-0.4, -0.2) is 50.8 Å². The molecule has 162 valence electrons. The van der Waals surface area contributed by atoms with Crippen LogP contribution in [0.2, 0.25) is 0 Å². The van der Waals surface area contributed by atoms with Gasteiger partial charge in [0.2, 0.25) is 0 Å². The van der Waals surface area contributed by atoms with E-state index < -0.39 is 22.4 Å². The molecule has 0 aliphatic carbocycles. The number of hydrogen-bond acceptors (Lipinski definition) is 6. The van der Waals surface area contributed by atoms with E-state index in [0.29, 0.717) is 31.5 Å². The SMILES string of the molecule is O=[N+]([O-])C1(CN2CCC(OCc3ccc(C(F)(F)F)cc3)CC2)Cn2ccnc2O1. The highest BCUT2D eigenvalue weighted by atomic mass is 19.4. The molecule has 1 saturated heterocycles. The summed E-state index contributed by atoms with van der Waals surface area (Å²) in [6, 6.07) is 5.18. The van der Waals surface area contributed by atoms with Gasteiger partial charge in [0.1, 0.15) is 13.1 Å². The average Bonchev–Trinajstić information content (AvgIpc) is 3.27. The van der Waals surface area contributed by atoms with Crippen molar-refractivity contribution in [3.63, 3.8) is 0 Å². The highest BCUT2D eigenvalue weighted by Crippen LogP contribution is 2.31. The van der Waals surface area contributed by atoms with E-state index in [1.54, 1.807) is 17.0 Å². The predicted octanol–water partition coefficient (Wildman–Crippen LogP) is 2.95. The summed E-state index contributed by atoms with van der Waals surface area (Å²) in [4.78, 5) is 17.3. The van der Waals surface area contributed by atoms with Crippen LogP contribution < -0.4 is 4.74 Å². The topological polar surface area (TPSA) is 82.7 Å². The fraction of sp³-hybridized carbons (Fsp3) is 0.526. The van der Waals surface area contributed by atoms with Crippen molar-refractivity contribution in [2.24, 2.45) is 0 Å². The van der Waals surface area contributed by atoms with Crippen LogP contribution in [0.4, 0.5) is 13.2 Å². The summed E-state index contributed by atoms with van der Waals surface area (Å²) in [6.45, 7) is 1.71. The van der Waals surface area contributed by atoms with Crippen LogP contribution in [0.15, 0.2) is 36.7 Å². The zero-order chi connectivity index (χ0) is 21.4.